The molecule has 0 bridgehead atoms. The molecule has 21 heavy (non-hydrogen) atoms. The van der Waals surface area contributed by atoms with E-state index in [-0.39, 0.29) is 0 Å². The number of nitrogens with zero attached hydrogens (tertiary/aromatic N) is 1. The highest BCUT2D eigenvalue weighted by atomic mass is 79.9. The van der Waals surface area contributed by atoms with Gasteiger partial charge in [0.05, 0.1) is 8.68 Å². The first-order valence-electron chi connectivity index (χ1n) is 7.42. The van der Waals surface area contributed by atoms with Gasteiger partial charge in [-0.1, -0.05) is 6.92 Å². The molecule has 0 atom stereocenters. The first-order chi connectivity index (χ1) is 9.95. The molecule has 2 rings (SSSR count). The van der Waals surface area contributed by atoms with Crippen LogP contribution in [-0.4, -0.2) is 38.9 Å². The van der Waals surface area contributed by atoms with Crippen LogP contribution in [0.3, 0.4) is 0 Å². The molecular formula is C14H23BrN2O2S2. The molecule has 0 spiro atoms. The highest BCUT2D eigenvalue weighted by Gasteiger charge is 2.29. The number of nitrogens with one attached hydrogen (secondary N) is 1. The van der Waals surface area contributed by atoms with E-state index in [1.165, 1.54) is 11.3 Å². The zero-order chi connectivity index (χ0) is 15.5. The summed E-state index contributed by atoms with van der Waals surface area (Å²) in [6.45, 7) is 7.13. The van der Waals surface area contributed by atoms with Gasteiger partial charge >= 0.3 is 0 Å². The van der Waals surface area contributed by atoms with Crippen molar-refractivity contribution in [3.8, 4) is 0 Å². The normalized spacial score (nSPS) is 17.5. The molecule has 1 aromatic rings. The minimum Gasteiger partial charge on any atom is -0.317 e. The number of hydrogen-bond donors (Lipinski definition) is 1. The van der Waals surface area contributed by atoms with E-state index in [9.17, 15) is 8.42 Å². The topological polar surface area (TPSA) is 49.4 Å². The Bertz CT molecular complexity index is 566. The van der Waals surface area contributed by atoms with E-state index < -0.39 is 10.0 Å². The van der Waals surface area contributed by atoms with Crippen molar-refractivity contribution in [3.63, 3.8) is 0 Å². The maximum absolute atomic E-state index is 12.9. The van der Waals surface area contributed by atoms with Gasteiger partial charge in [-0.2, -0.15) is 4.31 Å². The van der Waals surface area contributed by atoms with E-state index in [1.54, 1.807) is 10.4 Å². The van der Waals surface area contributed by atoms with Crippen molar-refractivity contribution in [2.75, 3.05) is 26.2 Å². The highest BCUT2D eigenvalue weighted by molar-refractivity contribution is 9.11. The van der Waals surface area contributed by atoms with Crippen LogP contribution in [0.2, 0.25) is 0 Å². The molecule has 0 aliphatic carbocycles. The molecule has 0 unspecified atom stereocenters. The molecule has 0 amide bonds. The van der Waals surface area contributed by atoms with Gasteiger partial charge in [0.2, 0.25) is 10.0 Å². The maximum Gasteiger partial charge on any atom is 0.244 e. The second kappa shape index (κ2) is 7.55. The third kappa shape index (κ3) is 4.28. The summed E-state index contributed by atoms with van der Waals surface area (Å²) in [5, 5.41) is 3.33. The zero-order valence-corrected chi connectivity index (χ0v) is 15.8. The number of hydrogen-bond acceptors (Lipinski definition) is 4. The van der Waals surface area contributed by atoms with Gasteiger partial charge < -0.3 is 5.32 Å². The van der Waals surface area contributed by atoms with Crippen LogP contribution >= 0.6 is 27.3 Å². The average Bonchev–Trinajstić information content (AvgIpc) is 2.79. The molecule has 0 radical (unpaired) electrons. The molecule has 0 aromatic carbocycles. The molecule has 1 N–H and O–H groups in total. The van der Waals surface area contributed by atoms with Crippen molar-refractivity contribution in [1.82, 2.24) is 9.62 Å². The van der Waals surface area contributed by atoms with Gasteiger partial charge in [-0.05, 0) is 67.2 Å². The molecular weight excluding hydrogens is 372 g/mol. The van der Waals surface area contributed by atoms with E-state index in [0.29, 0.717) is 23.9 Å². The van der Waals surface area contributed by atoms with E-state index in [2.05, 4.69) is 21.2 Å². The summed E-state index contributed by atoms with van der Waals surface area (Å²) in [6, 6.07) is 1.74. The van der Waals surface area contributed by atoms with Crippen molar-refractivity contribution < 1.29 is 8.42 Å². The SMILES string of the molecule is CCCN(CC1CCNCC1)S(=O)(=O)c1cc(Br)sc1C. The quantitative estimate of drug-likeness (QED) is 0.805. The predicted octanol–water partition coefficient (Wildman–Crippen LogP) is 3.22. The molecule has 1 aliphatic rings. The summed E-state index contributed by atoms with van der Waals surface area (Å²) in [6.07, 6.45) is 2.96. The van der Waals surface area contributed by atoms with Crippen LogP contribution in [0.4, 0.5) is 0 Å². The second-order valence-electron chi connectivity index (χ2n) is 5.53. The van der Waals surface area contributed by atoms with Crippen molar-refractivity contribution in [2.45, 2.75) is 38.0 Å². The minimum absolute atomic E-state index is 0.460. The fourth-order valence-corrected chi connectivity index (χ4v) is 6.73. The van der Waals surface area contributed by atoms with Gasteiger partial charge in [0, 0.05) is 18.0 Å². The Hall–Kier alpha value is 0.0500. The Kier molecular flexibility index (Phi) is 6.25. The molecule has 120 valence electrons. The van der Waals surface area contributed by atoms with Crippen LogP contribution in [0.5, 0.6) is 0 Å². The van der Waals surface area contributed by atoms with Crippen LogP contribution in [0.1, 0.15) is 31.1 Å². The van der Waals surface area contributed by atoms with Crippen LogP contribution in [0, 0.1) is 12.8 Å². The van der Waals surface area contributed by atoms with Gasteiger partial charge in [-0.25, -0.2) is 8.42 Å². The average molecular weight is 395 g/mol. The molecule has 4 nitrogen and oxygen atoms in total. The number of aryl methyl sites for hydroxylation is 1. The fraction of sp³-hybridized carbons (Fsp3) is 0.714. The Morgan fingerprint density at radius 3 is 2.62 bits per heavy atom. The molecule has 7 heteroatoms. The van der Waals surface area contributed by atoms with Crippen LogP contribution in [-0.2, 0) is 10.0 Å². The molecule has 1 saturated heterocycles. The predicted molar refractivity (Wildman–Crippen MR) is 91.4 cm³/mol. The standard InChI is InChI=1S/C14H23BrN2O2S2/c1-3-8-17(10-12-4-6-16-7-5-12)21(18,19)13-9-14(15)20-11(13)2/h9,12,16H,3-8,10H2,1-2H3. The third-order valence-corrected chi connectivity index (χ3v) is 7.53. The van der Waals surface area contributed by atoms with Crippen LogP contribution in [0.15, 0.2) is 14.7 Å². The lowest BCUT2D eigenvalue weighted by Gasteiger charge is -2.29. The van der Waals surface area contributed by atoms with E-state index >= 15 is 0 Å². The molecule has 1 fully saturated rings. The first kappa shape index (κ1) is 17.4. The molecule has 2 heterocycles. The lowest BCUT2D eigenvalue weighted by atomic mass is 9.98. The highest BCUT2D eigenvalue weighted by Crippen LogP contribution is 2.32. The third-order valence-electron chi connectivity index (χ3n) is 3.85. The lowest BCUT2D eigenvalue weighted by Crippen LogP contribution is -2.39. The van der Waals surface area contributed by atoms with E-state index in [4.69, 9.17) is 0 Å². The summed E-state index contributed by atoms with van der Waals surface area (Å²) < 4.78 is 28.4. The number of halogens is 1. The van der Waals surface area contributed by atoms with Crippen LogP contribution < -0.4 is 5.32 Å². The Morgan fingerprint density at radius 2 is 2.10 bits per heavy atom. The Balaban J connectivity index is 2.21. The molecule has 1 aromatic heterocycles. The summed E-state index contributed by atoms with van der Waals surface area (Å²) >= 11 is 4.87. The number of thiophene rings is 1. The number of rotatable bonds is 6. The smallest absolute Gasteiger partial charge is 0.244 e. The van der Waals surface area contributed by atoms with Crippen molar-refractivity contribution in [2.24, 2.45) is 5.92 Å². The minimum atomic E-state index is -3.38. The van der Waals surface area contributed by atoms with Crippen LogP contribution in [0.25, 0.3) is 0 Å². The molecule has 1 aliphatic heterocycles. The number of sulfonamides is 1. The first-order valence-corrected chi connectivity index (χ1v) is 10.5. The summed E-state index contributed by atoms with van der Waals surface area (Å²) in [7, 11) is -3.38. The second-order valence-corrected chi connectivity index (χ2v) is 10.1. The van der Waals surface area contributed by atoms with Gasteiger partial charge in [0.25, 0.3) is 0 Å². The summed E-state index contributed by atoms with van der Waals surface area (Å²) in [5.74, 6) is 0.468. The maximum atomic E-state index is 12.9. The van der Waals surface area contributed by atoms with Crippen molar-refractivity contribution in [3.05, 3.63) is 14.7 Å². The summed E-state index contributed by atoms with van der Waals surface area (Å²) in [5.41, 5.74) is 0. The van der Waals surface area contributed by atoms with Crippen molar-refractivity contribution in [1.29, 1.82) is 0 Å². The van der Waals surface area contributed by atoms with Gasteiger partial charge in [0.15, 0.2) is 0 Å². The van der Waals surface area contributed by atoms with E-state index in [0.717, 1.165) is 41.0 Å². The largest absolute Gasteiger partial charge is 0.317 e. The van der Waals surface area contributed by atoms with Crippen molar-refractivity contribution >= 4 is 37.3 Å². The summed E-state index contributed by atoms with van der Waals surface area (Å²) in [4.78, 5) is 1.31. The lowest BCUT2D eigenvalue weighted by molar-refractivity contribution is 0.288. The number of piperidine rings is 1. The zero-order valence-electron chi connectivity index (χ0n) is 12.6. The van der Waals surface area contributed by atoms with Gasteiger partial charge in [-0.3, -0.25) is 0 Å². The monoisotopic (exact) mass is 394 g/mol. The molecule has 0 saturated carbocycles. The van der Waals surface area contributed by atoms with Gasteiger partial charge in [0.1, 0.15) is 0 Å². The van der Waals surface area contributed by atoms with Gasteiger partial charge in [-0.15, -0.1) is 11.3 Å². The Labute approximate surface area is 140 Å². The van der Waals surface area contributed by atoms with E-state index in [1.807, 2.05) is 13.8 Å². The Morgan fingerprint density at radius 1 is 1.43 bits per heavy atom. The fourth-order valence-electron chi connectivity index (χ4n) is 2.74.